The first-order valence-corrected chi connectivity index (χ1v) is 4.06. The monoisotopic (exact) mass is 170 g/mol. The first kappa shape index (κ1) is 9.03. The van der Waals surface area contributed by atoms with Gasteiger partial charge in [-0.2, -0.15) is 0 Å². The number of carbonyl (C=O) groups is 2. The van der Waals surface area contributed by atoms with E-state index in [2.05, 4.69) is 10.6 Å². The fourth-order valence-electron chi connectivity index (χ4n) is 1.14. The highest BCUT2D eigenvalue weighted by atomic mass is 16.2. The second-order valence-corrected chi connectivity index (χ2v) is 3.59. The third-order valence-corrected chi connectivity index (χ3v) is 2.43. The molecule has 1 unspecified atom stereocenters. The molecule has 2 amide bonds. The molecule has 4 nitrogen and oxygen atoms in total. The highest BCUT2D eigenvalue weighted by molar-refractivity contribution is 5.97. The number of hydrogen-bond acceptors (Lipinski definition) is 2. The van der Waals surface area contributed by atoms with E-state index in [4.69, 9.17) is 0 Å². The van der Waals surface area contributed by atoms with Gasteiger partial charge < -0.3 is 10.6 Å². The Hall–Kier alpha value is -1.06. The van der Waals surface area contributed by atoms with Gasteiger partial charge in [-0.15, -0.1) is 0 Å². The summed E-state index contributed by atoms with van der Waals surface area (Å²) in [6, 6.07) is 0. The van der Waals surface area contributed by atoms with E-state index in [-0.39, 0.29) is 24.3 Å². The Morgan fingerprint density at radius 1 is 1.42 bits per heavy atom. The summed E-state index contributed by atoms with van der Waals surface area (Å²) in [6.07, 6.45) is 0. The van der Waals surface area contributed by atoms with Crippen LogP contribution in [-0.4, -0.2) is 23.9 Å². The predicted molar refractivity (Wildman–Crippen MR) is 44.4 cm³/mol. The van der Waals surface area contributed by atoms with Crippen molar-refractivity contribution in [3.05, 3.63) is 0 Å². The first-order chi connectivity index (χ1) is 5.47. The number of piperazine rings is 1. The second-order valence-electron chi connectivity index (χ2n) is 3.59. The molecule has 0 radical (unpaired) electrons. The summed E-state index contributed by atoms with van der Waals surface area (Å²) in [5.74, 6) is -0.121. The van der Waals surface area contributed by atoms with Gasteiger partial charge in [0.1, 0.15) is 5.54 Å². The molecule has 2 N–H and O–H groups in total. The Morgan fingerprint density at radius 3 is 2.42 bits per heavy atom. The molecule has 1 rings (SSSR count). The van der Waals surface area contributed by atoms with E-state index < -0.39 is 5.54 Å². The number of hydrogen-bond donors (Lipinski definition) is 2. The third-order valence-electron chi connectivity index (χ3n) is 2.43. The summed E-state index contributed by atoms with van der Waals surface area (Å²) < 4.78 is 0. The van der Waals surface area contributed by atoms with Crippen LogP contribution >= 0.6 is 0 Å². The Morgan fingerprint density at radius 2 is 2.00 bits per heavy atom. The van der Waals surface area contributed by atoms with E-state index in [9.17, 15) is 9.59 Å². The largest absolute Gasteiger partial charge is 0.345 e. The lowest BCUT2D eigenvalue weighted by Gasteiger charge is -2.36. The molecule has 4 heteroatoms. The molecule has 0 aromatic heterocycles. The van der Waals surface area contributed by atoms with Gasteiger partial charge in [-0.1, -0.05) is 13.8 Å². The number of carbonyl (C=O) groups excluding carboxylic acids is 2. The van der Waals surface area contributed by atoms with Gasteiger partial charge >= 0.3 is 0 Å². The van der Waals surface area contributed by atoms with Crippen molar-refractivity contribution in [3.8, 4) is 0 Å². The van der Waals surface area contributed by atoms with Crippen molar-refractivity contribution in [1.82, 2.24) is 10.6 Å². The number of rotatable bonds is 1. The summed E-state index contributed by atoms with van der Waals surface area (Å²) in [6.45, 7) is 5.65. The molecule has 0 bridgehead atoms. The molecule has 1 aliphatic heterocycles. The van der Waals surface area contributed by atoms with Crippen LogP contribution in [0.25, 0.3) is 0 Å². The van der Waals surface area contributed by atoms with Crippen molar-refractivity contribution in [1.29, 1.82) is 0 Å². The Balaban J connectivity index is 2.85. The molecule has 0 aromatic rings. The Bertz CT molecular complexity index is 225. The van der Waals surface area contributed by atoms with E-state index in [0.717, 1.165) is 0 Å². The fourth-order valence-corrected chi connectivity index (χ4v) is 1.14. The van der Waals surface area contributed by atoms with Crippen molar-refractivity contribution < 1.29 is 9.59 Å². The molecule has 0 spiro atoms. The van der Waals surface area contributed by atoms with E-state index in [1.54, 1.807) is 6.92 Å². The van der Waals surface area contributed by atoms with Crippen LogP contribution in [0.4, 0.5) is 0 Å². The molecule has 0 aliphatic carbocycles. The van der Waals surface area contributed by atoms with Crippen LogP contribution in [0.2, 0.25) is 0 Å². The summed E-state index contributed by atoms with van der Waals surface area (Å²) in [5.41, 5.74) is -0.741. The maximum Gasteiger partial charge on any atom is 0.246 e. The second kappa shape index (κ2) is 2.77. The van der Waals surface area contributed by atoms with Gasteiger partial charge in [0.25, 0.3) is 0 Å². The zero-order valence-electron chi connectivity index (χ0n) is 7.60. The topological polar surface area (TPSA) is 58.2 Å². The molecule has 1 saturated heterocycles. The van der Waals surface area contributed by atoms with Crippen LogP contribution in [-0.2, 0) is 9.59 Å². The fraction of sp³-hybridized carbons (Fsp3) is 0.750. The van der Waals surface area contributed by atoms with Crippen molar-refractivity contribution in [3.63, 3.8) is 0 Å². The van der Waals surface area contributed by atoms with E-state index in [1.807, 2.05) is 13.8 Å². The van der Waals surface area contributed by atoms with Crippen LogP contribution in [0.1, 0.15) is 20.8 Å². The molecule has 68 valence electrons. The van der Waals surface area contributed by atoms with Gasteiger partial charge in [0.05, 0.1) is 6.54 Å². The summed E-state index contributed by atoms with van der Waals surface area (Å²) in [4.78, 5) is 22.4. The van der Waals surface area contributed by atoms with E-state index in [1.165, 1.54) is 0 Å². The smallest absolute Gasteiger partial charge is 0.246 e. The molecular weight excluding hydrogens is 156 g/mol. The van der Waals surface area contributed by atoms with Crippen molar-refractivity contribution in [2.24, 2.45) is 5.92 Å². The first-order valence-electron chi connectivity index (χ1n) is 4.06. The third kappa shape index (κ3) is 1.29. The van der Waals surface area contributed by atoms with Gasteiger partial charge in [0, 0.05) is 0 Å². The average Bonchev–Trinajstić information content (AvgIpc) is 1.97. The molecule has 1 heterocycles. The number of amides is 2. The zero-order chi connectivity index (χ0) is 9.35. The van der Waals surface area contributed by atoms with Crippen molar-refractivity contribution in [2.75, 3.05) is 6.54 Å². The predicted octanol–water partition coefficient (Wildman–Crippen LogP) is -0.353. The van der Waals surface area contributed by atoms with E-state index >= 15 is 0 Å². The van der Waals surface area contributed by atoms with E-state index in [0.29, 0.717) is 0 Å². The normalized spacial score (nSPS) is 30.0. The molecule has 1 fully saturated rings. The van der Waals surface area contributed by atoms with Crippen molar-refractivity contribution in [2.45, 2.75) is 26.3 Å². The molecular formula is C8H14N2O2. The lowest BCUT2D eigenvalue weighted by molar-refractivity contribution is -0.139. The highest BCUT2D eigenvalue weighted by Gasteiger charge is 2.40. The Labute approximate surface area is 71.7 Å². The summed E-state index contributed by atoms with van der Waals surface area (Å²) in [5, 5.41) is 5.24. The van der Waals surface area contributed by atoms with Crippen LogP contribution < -0.4 is 10.6 Å². The molecule has 1 aliphatic rings. The SMILES string of the molecule is CC(C)C1(C)NC(=O)CNC1=O. The minimum atomic E-state index is -0.741. The quantitative estimate of drug-likeness (QED) is 0.565. The maximum absolute atomic E-state index is 11.4. The van der Waals surface area contributed by atoms with Gasteiger partial charge in [0.2, 0.25) is 11.8 Å². The maximum atomic E-state index is 11.4. The number of nitrogens with one attached hydrogen (secondary N) is 2. The van der Waals surface area contributed by atoms with Crippen molar-refractivity contribution >= 4 is 11.8 Å². The lowest BCUT2D eigenvalue weighted by Crippen LogP contribution is -2.66. The highest BCUT2D eigenvalue weighted by Crippen LogP contribution is 2.18. The minimum absolute atomic E-state index is 0.0984. The molecule has 0 saturated carbocycles. The van der Waals surface area contributed by atoms with Crippen LogP contribution in [0.15, 0.2) is 0 Å². The molecule has 1 atom stereocenters. The van der Waals surface area contributed by atoms with Crippen LogP contribution in [0, 0.1) is 5.92 Å². The van der Waals surface area contributed by atoms with Gasteiger partial charge in [-0.05, 0) is 12.8 Å². The average molecular weight is 170 g/mol. The zero-order valence-corrected chi connectivity index (χ0v) is 7.60. The lowest BCUT2D eigenvalue weighted by atomic mass is 9.86. The Kier molecular flexibility index (Phi) is 2.08. The van der Waals surface area contributed by atoms with Crippen LogP contribution in [0.3, 0.4) is 0 Å². The van der Waals surface area contributed by atoms with Crippen LogP contribution in [0.5, 0.6) is 0 Å². The van der Waals surface area contributed by atoms with Gasteiger partial charge in [-0.25, -0.2) is 0 Å². The van der Waals surface area contributed by atoms with Gasteiger partial charge in [0.15, 0.2) is 0 Å². The van der Waals surface area contributed by atoms with Gasteiger partial charge in [-0.3, -0.25) is 9.59 Å². The molecule has 0 aromatic carbocycles. The molecule has 12 heavy (non-hydrogen) atoms. The standard InChI is InChI=1S/C8H14N2O2/c1-5(2)8(3)7(12)9-4-6(11)10-8/h5H,4H2,1-3H3,(H,9,12)(H,10,11). The summed E-state index contributed by atoms with van der Waals surface area (Å²) >= 11 is 0. The summed E-state index contributed by atoms with van der Waals surface area (Å²) in [7, 11) is 0. The minimum Gasteiger partial charge on any atom is -0.345 e.